The Labute approximate surface area is 111 Å². The number of unbranched alkanes of at least 4 members (excludes halogenated alkanes) is 2. The topological polar surface area (TPSA) is 49.8 Å². The predicted molar refractivity (Wildman–Crippen MR) is 78.3 cm³/mol. The number of hydrogen-bond acceptors (Lipinski definition) is 4. The molecule has 4 heteroatoms. The second-order valence-corrected chi connectivity index (χ2v) is 4.82. The van der Waals surface area contributed by atoms with Crippen LogP contribution in [0, 0.1) is 0 Å². The van der Waals surface area contributed by atoms with Crippen LogP contribution in [0.15, 0.2) is 6.07 Å². The van der Waals surface area contributed by atoms with Gasteiger partial charge in [-0.2, -0.15) is 0 Å². The van der Waals surface area contributed by atoms with Gasteiger partial charge < -0.3 is 10.6 Å². The van der Waals surface area contributed by atoms with Crippen LogP contribution in [0.25, 0.3) is 0 Å². The number of nitrogens with zero attached hydrogens (tertiary/aromatic N) is 2. The molecule has 0 aliphatic rings. The summed E-state index contributed by atoms with van der Waals surface area (Å²) in [4.78, 5) is 9.06. The summed E-state index contributed by atoms with van der Waals surface area (Å²) >= 11 is 0. The summed E-state index contributed by atoms with van der Waals surface area (Å²) in [5.41, 5.74) is 0. The van der Waals surface area contributed by atoms with E-state index in [4.69, 9.17) is 0 Å². The van der Waals surface area contributed by atoms with Crippen molar-refractivity contribution in [1.82, 2.24) is 9.97 Å². The van der Waals surface area contributed by atoms with Gasteiger partial charge in [0, 0.05) is 25.1 Å². The van der Waals surface area contributed by atoms with Gasteiger partial charge in [-0.25, -0.2) is 9.97 Å². The Kier molecular flexibility index (Phi) is 6.47. The van der Waals surface area contributed by atoms with Gasteiger partial charge in [-0.1, -0.05) is 33.6 Å². The van der Waals surface area contributed by atoms with Crippen molar-refractivity contribution >= 4 is 11.6 Å². The van der Waals surface area contributed by atoms with Gasteiger partial charge in [0.15, 0.2) is 0 Å². The van der Waals surface area contributed by atoms with Crippen molar-refractivity contribution < 1.29 is 0 Å². The molecule has 1 rings (SSSR count). The molecular weight excluding hydrogens is 224 g/mol. The van der Waals surface area contributed by atoms with E-state index in [0.717, 1.165) is 30.5 Å². The molecule has 0 amide bonds. The summed E-state index contributed by atoms with van der Waals surface area (Å²) < 4.78 is 0. The normalized spacial score (nSPS) is 10.7. The standard InChI is InChI=1S/C14H26N4/c1-5-7-8-9-16-13-10-12(15-6-2)17-14(18-13)11(3)4/h10-11H,5-9H2,1-4H3,(H2,15,16,17,18). The van der Waals surface area contributed by atoms with E-state index < -0.39 is 0 Å². The minimum atomic E-state index is 0.347. The molecule has 0 atom stereocenters. The first kappa shape index (κ1) is 14.7. The number of aromatic nitrogens is 2. The first-order valence-electron chi connectivity index (χ1n) is 7.04. The molecule has 1 aromatic heterocycles. The number of nitrogens with one attached hydrogen (secondary N) is 2. The Morgan fingerprint density at radius 3 is 2.28 bits per heavy atom. The SMILES string of the molecule is CCCCCNc1cc(NCC)nc(C(C)C)n1. The monoisotopic (exact) mass is 250 g/mol. The highest BCUT2D eigenvalue weighted by atomic mass is 15.1. The summed E-state index contributed by atoms with van der Waals surface area (Å²) in [7, 11) is 0. The molecule has 0 unspecified atom stereocenters. The third-order valence-corrected chi connectivity index (χ3v) is 2.70. The van der Waals surface area contributed by atoms with E-state index in [1.165, 1.54) is 19.3 Å². The number of hydrogen-bond donors (Lipinski definition) is 2. The van der Waals surface area contributed by atoms with Crippen molar-refractivity contribution in [2.75, 3.05) is 23.7 Å². The van der Waals surface area contributed by atoms with Gasteiger partial charge in [-0.15, -0.1) is 0 Å². The molecule has 0 aromatic carbocycles. The van der Waals surface area contributed by atoms with Crippen LogP contribution in [0.2, 0.25) is 0 Å². The van der Waals surface area contributed by atoms with Gasteiger partial charge >= 0.3 is 0 Å². The zero-order valence-corrected chi connectivity index (χ0v) is 12.1. The van der Waals surface area contributed by atoms with Gasteiger partial charge in [0.1, 0.15) is 17.5 Å². The lowest BCUT2D eigenvalue weighted by molar-refractivity contribution is 0.737. The average Bonchev–Trinajstić information content (AvgIpc) is 2.35. The minimum absolute atomic E-state index is 0.347. The van der Waals surface area contributed by atoms with Gasteiger partial charge in [0.2, 0.25) is 0 Å². The molecule has 0 radical (unpaired) electrons. The van der Waals surface area contributed by atoms with Crippen molar-refractivity contribution in [3.05, 3.63) is 11.9 Å². The Hall–Kier alpha value is -1.32. The zero-order chi connectivity index (χ0) is 13.4. The van der Waals surface area contributed by atoms with Crippen LogP contribution in [-0.2, 0) is 0 Å². The first-order chi connectivity index (χ1) is 8.67. The van der Waals surface area contributed by atoms with Crippen molar-refractivity contribution in [3.63, 3.8) is 0 Å². The molecule has 0 aliphatic carbocycles. The first-order valence-corrected chi connectivity index (χ1v) is 7.04. The van der Waals surface area contributed by atoms with E-state index >= 15 is 0 Å². The lowest BCUT2D eigenvalue weighted by Crippen LogP contribution is -2.09. The van der Waals surface area contributed by atoms with Crippen LogP contribution in [0.4, 0.5) is 11.6 Å². The maximum Gasteiger partial charge on any atom is 0.135 e. The summed E-state index contributed by atoms with van der Waals surface area (Å²) in [6.45, 7) is 10.4. The van der Waals surface area contributed by atoms with Gasteiger partial charge in [0.05, 0.1) is 0 Å². The molecule has 1 heterocycles. The maximum atomic E-state index is 4.55. The van der Waals surface area contributed by atoms with Crippen molar-refractivity contribution in [2.24, 2.45) is 0 Å². The summed E-state index contributed by atoms with van der Waals surface area (Å²) in [6.07, 6.45) is 3.69. The Morgan fingerprint density at radius 1 is 1.06 bits per heavy atom. The Morgan fingerprint density at radius 2 is 1.72 bits per heavy atom. The van der Waals surface area contributed by atoms with E-state index in [2.05, 4.69) is 48.3 Å². The highest BCUT2D eigenvalue weighted by Crippen LogP contribution is 2.17. The maximum absolute atomic E-state index is 4.55. The predicted octanol–water partition coefficient (Wildman–Crippen LogP) is 3.63. The lowest BCUT2D eigenvalue weighted by atomic mass is 10.2. The van der Waals surface area contributed by atoms with E-state index in [1.807, 2.05) is 6.07 Å². The van der Waals surface area contributed by atoms with E-state index in [1.54, 1.807) is 0 Å². The summed E-state index contributed by atoms with van der Waals surface area (Å²) in [5.74, 6) is 3.08. The number of rotatable bonds is 8. The molecule has 2 N–H and O–H groups in total. The fraction of sp³-hybridized carbons (Fsp3) is 0.714. The van der Waals surface area contributed by atoms with Gasteiger partial charge in [-0.05, 0) is 13.3 Å². The van der Waals surface area contributed by atoms with Crippen molar-refractivity contribution in [3.8, 4) is 0 Å². The van der Waals surface area contributed by atoms with Crippen LogP contribution in [0.5, 0.6) is 0 Å². The Bertz CT molecular complexity index is 350. The van der Waals surface area contributed by atoms with Crippen LogP contribution in [0.1, 0.15) is 58.7 Å². The highest BCUT2D eigenvalue weighted by Gasteiger charge is 2.07. The highest BCUT2D eigenvalue weighted by molar-refractivity contribution is 5.47. The Balaban J connectivity index is 2.69. The van der Waals surface area contributed by atoms with Crippen LogP contribution >= 0.6 is 0 Å². The average molecular weight is 250 g/mol. The fourth-order valence-corrected chi connectivity index (χ4v) is 1.68. The smallest absolute Gasteiger partial charge is 0.135 e. The molecule has 0 fully saturated rings. The molecule has 4 nitrogen and oxygen atoms in total. The molecule has 0 spiro atoms. The van der Waals surface area contributed by atoms with E-state index in [-0.39, 0.29) is 0 Å². The van der Waals surface area contributed by atoms with E-state index in [9.17, 15) is 0 Å². The minimum Gasteiger partial charge on any atom is -0.370 e. The zero-order valence-electron chi connectivity index (χ0n) is 12.1. The van der Waals surface area contributed by atoms with Crippen LogP contribution in [-0.4, -0.2) is 23.1 Å². The van der Waals surface area contributed by atoms with Gasteiger partial charge in [-0.3, -0.25) is 0 Å². The second kappa shape index (κ2) is 7.90. The number of anilines is 2. The molecule has 0 aliphatic heterocycles. The largest absolute Gasteiger partial charge is 0.370 e. The molecule has 18 heavy (non-hydrogen) atoms. The third-order valence-electron chi connectivity index (χ3n) is 2.70. The fourth-order valence-electron chi connectivity index (χ4n) is 1.68. The third kappa shape index (κ3) is 4.90. The summed E-state index contributed by atoms with van der Waals surface area (Å²) in [6, 6.07) is 1.99. The van der Waals surface area contributed by atoms with Crippen LogP contribution < -0.4 is 10.6 Å². The quantitative estimate of drug-likeness (QED) is 0.692. The second-order valence-electron chi connectivity index (χ2n) is 4.82. The molecule has 1 aromatic rings. The van der Waals surface area contributed by atoms with Crippen LogP contribution in [0.3, 0.4) is 0 Å². The van der Waals surface area contributed by atoms with Crippen molar-refractivity contribution in [2.45, 2.75) is 52.9 Å². The van der Waals surface area contributed by atoms with Crippen molar-refractivity contribution in [1.29, 1.82) is 0 Å². The molecule has 0 saturated carbocycles. The van der Waals surface area contributed by atoms with E-state index in [0.29, 0.717) is 5.92 Å². The van der Waals surface area contributed by atoms with Gasteiger partial charge in [0.25, 0.3) is 0 Å². The summed E-state index contributed by atoms with van der Waals surface area (Å²) in [5, 5.41) is 6.64. The lowest BCUT2D eigenvalue weighted by Gasteiger charge is -2.12. The molecule has 0 bridgehead atoms. The molecular formula is C14H26N4. The molecule has 102 valence electrons. The molecule has 0 saturated heterocycles.